The van der Waals surface area contributed by atoms with E-state index in [2.05, 4.69) is 6.92 Å². The molecule has 0 radical (unpaired) electrons. The van der Waals surface area contributed by atoms with E-state index >= 15 is 0 Å². The quantitative estimate of drug-likeness (QED) is 0.838. The predicted molar refractivity (Wildman–Crippen MR) is 69.3 cm³/mol. The van der Waals surface area contributed by atoms with E-state index in [9.17, 15) is 4.39 Å². The van der Waals surface area contributed by atoms with Gasteiger partial charge in [0.25, 0.3) is 0 Å². The van der Waals surface area contributed by atoms with Crippen molar-refractivity contribution in [2.75, 3.05) is 0 Å². The number of hydrogen-bond acceptors (Lipinski definition) is 1. The van der Waals surface area contributed by atoms with Gasteiger partial charge >= 0.3 is 0 Å². The summed E-state index contributed by atoms with van der Waals surface area (Å²) >= 11 is 0. The van der Waals surface area contributed by atoms with Crippen LogP contribution >= 0.6 is 0 Å². The van der Waals surface area contributed by atoms with Crippen molar-refractivity contribution in [1.29, 1.82) is 0 Å². The molecule has 0 amide bonds. The molecule has 0 aliphatic heterocycles. The van der Waals surface area contributed by atoms with Gasteiger partial charge in [0.15, 0.2) is 0 Å². The molecule has 2 N–H and O–H groups in total. The monoisotopic (exact) mass is 235 g/mol. The highest BCUT2D eigenvalue weighted by Crippen LogP contribution is 2.49. The molecule has 1 fully saturated rings. The van der Waals surface area contributed by atoms with E-state index < -0.39 is 0 Å². The number of halogens is 1. The Hall–Kier alpha value is -0.890. The average molecular weight is 235 g/mol. The van der Waals surface area contributed by atoms with Crippen molar-refractivity contribution in [3.05, 3.63) is 35.1 Å². The fourth-order valence-corrected chi connectivity index (χ4v) is 3.24. The number of aryl methyl sites for hydroxylation is 1. The van der Waals surface area contributed by atoms with E-state index in [1.165, 1.54) is 31.7 Å². The minimum Gasteiger partial charge on any atom is -0.323 e. The molecule has 1 nitrogen and oxygen atoms in total. The van der Waals surface area contributed by atoms with Gasteiger partial charge in [-0.15, -0.1) is 0 Å². The van der Waals surface area contributed by atoms with Gasteiger partial charge < -0.3 is 5.73 Å². The van der Waals surface area contributed by atoms with Crippen molar-refractivity contribution < 1.29 is 4.39 Å². The Morgan fingerprint density at radius 3 is 2.59 bits per heavy atom. The molecular weight excluding hydrogens is 213 g/mol. The smallest absolute Gasteiger partial charge is 0.123 e. The van der Waals surface area contributed by atoms with Crippen molar-refractivity contribution in [2.24, 2.45) is 11.1 Å². The lowest BCUT2D eigenvalue weighted by Crippen LogP contribution is -2.32. The number of benzene rings is 1. The van der Waals surface area contributed by atoms with Crippen LogP contribution in [0.25, 0.3) is 0 Å². The van der Waals surface area contributed by atoms with Crippen LogP contribution in [-0.4, -0.2) is 0 Å². The van der Waals surface area contributed by atoms with E-state index in [1.54, 1.807) is 6.07 Å². The summed E-state index contributed by atoms with van der Waals surface area (Å²) in [6, 6.07) is 4.95. The Labute approximate surface area is 103 Å². The molecule has 1 aliphatic rings. The summed E-state index contributed by atoms with van der Waals surface area (Å²) in [5.74, 6) is -0.176. The molecule has 17 heavy (non-hydrogen) atoms. The van der Waals surface area contributed by atoms with E-state index in [4.69, 9.17) is 5.73 Å². The average Bonchev–Trinajstić information content (AvgIpc) is 2.81. The van der Waals surface area contributed by atoms with Crippen LogP contribution < -0.4 is 5.73 Å². The summed E-state index contributed by atoms with van der Waals surface area (Å²) in [5, 5.41) is 0. The van der Waals surface area contributed by atoms with E-state index in [0.29, 0.717) is 0 Å². The van der Waals surface area contributed by atoms with Gasteiger partial charge in [0, 0.05) is 6.04 Å². The first-order valence-corrected chi connectivity index (χ1v) is 6.61. The van der Waals surface area contributed by atoms with Crippen molar-refractivity contribution >= 4 is 0 Å². The zero-order chi connectivity index (χ0) is 12.5. The SMILES string of the molecule is CCC1(C(N)c2cc(F)ccc2C)CCCC1. The summed E-state index contributed by atoms with van der Waals surface area (Å²) < 4.78 is 13.4. The molecule has 1 atom stereocenters. The van der Waals surface area contributed by atoms with Crippen LogP contribution in [0.2, 0.25) is 0 Å². The van der Waals surface area contributed by atoms with Gasteiger partial charge in [0.2, 0.25) is 0 Å². The van der Waals surface area contributed by atoms with Crippen LogP contribution in [0.3, 0.4) is 0 Å². The zero-order valence-electron chi connectivity index (χ0n) is 10.8. The molecule has 1 aromatic rings. The highest BCUT2D eigenvalue weighted by Gasteiger charge is 2.39. The molecule has 0 spiro atoms. The zero-order valence-corrected chi connectivity index (χ0v) is 10.8. The maximum atomic E-state index is 13.4. The van der Waals surface area contributed by atoms with Gasteiger partial charge in [0.1, 0.15) is 5.82 Å². The lowest BCUT2D eigenvalue weighted by molar-refractivity contribution is 0.221. The van der Waals surface area contributed by atoms with Crippen molar-refractivity contribution in [3.8, 4) is 0 Å². The van der Waals surface area contributed by atoms with Gasteiger partial charge in [-0.2, -0.15) is 0 Å². The van der Waals surface area contributed by atoms with Crippen LogP contribution in [0, 0.1) is 18.2 Å². The fraction of sp³-hybridized carbons (Fsp3) is 0.600. The third kappa shape index (κ3) is 2.23. The largest absolute Gasteiger partial charge is 0.323 e. The second-order valence-corrected chi connectivity index (χ2v) is 5.40. The molecule has 1 saturated carbocycles. The van der Waals surface area contributed by atoms with Crippen LogP contribution in [0.4, 0.5) is 4.39 Å². The van der Waals surface area contributed by atoms with E-state index in [0.717, 1.165) is 17.5 Å². The number of rotatable bonds is 3. The first kappa shape index (κ1) is 12.6. The van der Waals surface area contributed by atoms with Crippen LogP contribution in [0.15, 0.2) is 18.2 Å². The summed E-state index contributed by atoms with van der Waals surface area (Å²) in [6.07, 6.45) is 5.97. The highest BCUT2D eigenvalue weighted by atomic mass is 19.1. The topological polar surface area (TPSA) is 26.0 Å². The van der Waals surface area contributed by atoms with Crippen LogP contribution in [0.5, 0.6) is 0 Å². The molecular formula is C15H22FN. The first-order valence-electron chi connectivity index (χ1n) is 6.61. The van der Waals surface area contributed by atoms with Crippen molar-refractivity contribution in [3.63, 3.8) is 0 Å². The minimum atomic E-state index is -0.176. The molecule has 1 aliphatic carbocycles. The Balaban J connectivity index is 2.35. The number of nitrogens with two attached hydrogens (primary N) is 1. The second kappa shape index (κ2) is 4.77. The first-order chi connectivity index (χ1) is 8.09. The van der Waals surface area contributed by atoms with Gasteiger partial charge in [0.05, 0.1) is 0 Å². The summed E-state index contributed by atoms with van der Waals surface area (Å²) in [7, 11) is 0. The lowest BCUT2D eigenvalue weighted by atomic mass is 9.73. The van der Waals surface area contributed by atoms with Gasteiger partial charge in [-0.25, -0.2) is 4.39 Å². The second-order valence-electron chi connectivity index (χ2n) is 5.40. The van der Waals surface area contributed by atoms with E-state index in [-0.39, 0.29) is 17.3 Å². The normalized spacial score (nSPS) is 20.5. The maximum Gasteiger partial charge on any atom is 0.123 e. The fourth-order valence-electron chi connectivity index (χ4n) is 3.24. The van der Waals surface area contributed by atoms with Crippen LogP contribution in [-0.2, 0) is 0 Å². The van der Waals surface area contributed by atoms with Gasteiger partial charge in [-0.3, -0.25) is 0 Å². The Kier molecular flexibility index (Phi) is 3.53. The molecule has 0 aromatic heterocycles. The van der Waals surface area contributed by atoms with Crippen LogP contribution in [0.1, 0.15) is 56.2 Å². The minimum absolute atomic E-state index is 0.0225. The van der Waals surface area contributed by atoms with Crippen molar-refractivity contribution in [1.82, 2.24) is 0 Å². The molecule has 2 heteroatoms. The molecule has 1 aromatic carbocycles. The lowest BCUT2D eigenvalue weighted by Gasteiger charge is -2.35. The summed E-state index contributed by atoms with van der Waals surface area (Å²) in [4.78, 5) is 0. The molecule has 94 valence electrons. The standard InChI is InChI=1S/C15H22FN/c1-3-15(8-4-5-9-15)14(17)13-10-12(16)7-6-11(13)2/h6-7,10,14H,3-5,8-9,17H2,1-2H3. The number of hydrogen-bond donors (Lipinski definition) is 1. The Bertz CT molecular complexity index is 394. The predicted octanol–water partition coefficient (Wildman–Crippen LogP) is 4.10. The van der Waals surface area contributed by atoms with Crippen molar-refractivity contribution in [2.45, 2.75) is 52.0 Å². The molecule has 0 saturated heterocycles. The van der Waals surface area contributed by atoms with E-state index in [1.807, 2.05) is 13.0 Å². The molecule has 0 heterocycles. The summed E-state index contributed by atoms with van der Waals surface area (Å²) in [6.45, 7) is 4.23. The maximum absolute atomic E-state index is 13.4. The molecule has 2 rings (SSSR count). The Morgan fingerprint density at radius 1 is 1.35 bits per heavy atom. The third-order valence-corrected chi connectivity index (χ3v) is 4.54. The molecule has 1 unspecified atom stereocenters. The highest BCUT2D eigenvalue weighted by molar-refractivity contribution is 5.31. The molecule has 0 bridgehead atoms. The Morgan fingerprint density at radius 2 is 2.00 bits per heavy atom. The van der Waals surface area contributed by atoms with Gasteiger partial charge in [-0.05, 0) is 54.9 Å². The third-order valence-electron chi connectivity index (χ3n) is 4.54. The summed E-state index contributed by atoms with van der Waals surface area (Å²) in [5.41, 5.74) is 8.75. The van der Waals surface area contributed by atoms with Gasteiger partial charge in [-0.1, -0.05) is 25.8 Å².